The standard InChI is InChI=1S/C12H11FN2/c13-10-7-4-8-15-12(10)11(14)9-5-2-1-3-6-9/h1-8,11H,14H2/t11-/m1/s1. The van der Waals surface area contributed by atoms with Gasteiger partial charge in [-0.3, -0.25) is 4.98 Å². The van der Waals surface area contributed by atoms with E-state index in [9.17, 15) is 4.39 Å². The molecule has 0 amide bonds. The predicted octanol–water partition coefficient (Wildman–Crippen LogP) is 2.27. The van der Waals surface area contributed by atoms with Crippen LogP contribution in [0.1, 0.15) is 17.3 Å². The van der Waals surface area contributed by atoms with Crippen LogP contribution in [0, 0.1) is 5.82 Å². The highest BCUT2D eigenvalue weighted by Crippen LogP contribution is 2.19. The molecular weight excluding hydrogens is 191 g/mol. The minimum atomic E-state index is -0.507. The molecule has 0 fully saturated rings. The van der Waals surface area contributed by atoms with Crippen molar-refractivity contribution >= 4 is 0 Å². The van der Waals surface area contributed by atoms with Gasteiger partial charge in [-0.05, 0) is 17.7 Å². The Morgan fingerprint density at radius 3 is 2.47 bits per heavy atom. The first-order valence-corrected chi connectivity index (χ1v) is 4.70. The molecule has 1 heterocycles. The number of pyridine rings is 1. The first-order valence-electron chi connectivity index (χ1n) is 4.70. The number of nitrogens with two attached hydrogens (primary N) is 1. The zero-order chi connectivity index (χ0) is 10.7. The third kappa shape index (κ3) is 2.02. The molecule has 0 aliphatic heterocycles. The zero-order valence-corrected chi connectivity index (χ0v) is 8.10. The molecule has 2 aromatic rings. The number of rotatable bonds is 2. The Morgan fingerprint density at radius 2 is 1.80 bits per heavy atom. The van der Waals surface area contributed by atoms with Crippen molar-refractivity contribution in [3.05, 3.63) is 65.7 Å². The lowest BCUT2D eigenvalue weighted by Gasteiger charge is -2.11. The van der Waals surface area contributed by atoms with Gasteiger partial charge in [0.25, 0.3) is 0 Å². The van der Waals surface area contributed by atoms with E-state index in [4.69, 9.17) is 5.73 Å². The van der Waals surface area contributed by atoms with E-state index >= 15 is 0 Å². The van der Waals surface area contributed by atoms with Gasteiger partial charge in [-0.15, -0.1) is 0 Å². The lowest BCUT2D eigenvalue weighted by atomic mass is 10.0. The lowest BCUT2D eigenvalue weighted by Crippen LogP contribution is -2.15. The van der Waals surface area contributed by atoms with Gasteiger partial charge in [0.15, 0.2) is 0 Å². The van der Waals surface area contributed by atoms with Crippen LogP contribution in [0.2, 0.25) is 0 Å². The quantitative estimate of drug-likeness (QED) is 0.811. The van der Waals surface area contributed by atoms with Gasteiger partial charge in [0.1, 0.15) is 5.82 Å². The first-order chi connectivity index (χ1) is 7.29. The molecule has 2 N–H and O–H groups in total. The normalized spacial score (nSPS) is 12.4. The summed E-state index contributed by atoms with van der Waals surface area (Å²) in [6, 6.07) is 11.8. The Kier molecular flexibility index (Phi) is 2.74. The third-order valence-electron chi connectivity index (χ3n) is 2.24. The molecule has 0 spiro atoms. The fourth-order valence-corrected chi connectivity index (χ4v) is 1.44. The summed E-state index contributed by atoms with van der Waals surface area (Å²) in [6.07, 6.45) is 1.54. The molecule has 76 valence electrons. The highest BCUT2D eigenvalue weighted by molar-refractivity contribution is 5.27. The fourth-order valence-electron chi connectivity index (χ4n) is 1.44. The van der Waals surface area contributed by atoms with E-state index in [0.717, 1.165) is 5.56 Å². The second-order valence-electron chi connectivity index (χ2n) is 3.26. The molecule has 1 atom stereocenters. The minimum absolute atomic E-state index is 0.281. The molecule has 0 saturated heterocycles. The molecule has 0 aliphatic rings. The van der Waals surface area contributed by atoms with Gasteiger partial charge in [0, 0.05) is 6.20 Å². The van der Waals surface area contributed by atoms with Crippen LogP contribution in [0.25, 0.3) is 0 Å². The lowest BCUT2D eigenvalue weighted by molar-refractivity contribution is 0.586. The SMILES string of the molecule is N[C@H](c1ccccc1)c1ncccc1F. The van der Waals surface area contributed by atoms with Crippen molar-refractivity contribution in [3.63, 3.8) is 0 Å². The molecule has 0 radical (unpaired) electrons. The second kappa shape index (κ2) is 4.19. The number of nitrogens with zero attached hydrogens (tertiary/aromatic N) is 1. The van der Waals surface area contributed by atoms with Gasteiger partial charge < -0.3 is 5.73 Å². The summed E-state index contributed by atoms with van der Waals surface area (Å²) in [4.78, 5) is 3.95. The van der Waals surface area contributed by atoms with Crippen molar-refractivity contribution in [3.8, 4) is 0 Å². The molecule has 0 unspecified atom stereocenters. The van der Waals surface area contributed by atoms with Crippen LogP contribution >= 0.6 is 0 Å². The second-order valence-corrected chi connectivity index (χ2v) is 3.26. The van der Waals surface area contributed by atoms with Crippen molar-refractivity contribution in [2.24, 2.45) is 5.73 Å². The number of hydrogen-bond acceptors (Lipinski definition) is 2. The highest BCUT2D eigenvalue weighted by atomic mass is 19.1. The van der Waals surface area contributed by atoms with Crippen molar-refractivity contribution in [1.82, 2.24) is 4.98 Å². The van der Waals surface area contributed by atoms with Crippen LogP contribution in [0.15, 0.2) is 48.7 Å². The number of halogens is 1. The van der Waals surface area contributed by atoms with Gasteiger partial charge in [-0.25, -0.2) is 4.39 Å². The van der Waals surface area contributed by atoms with E-state index in [1.807, 2.05) is 30.3 Å². The van der Waals surface area contributed by atoms with Crippen LogP contribution < -0.4 is 5.73 Å². The third-order valence-corrected chi connectivity index (χ3v) is 2.24. The predicted molar refractivity (Wildman–Crippen MR) is 56.7 cm³/mol. The number of aromatic nitrogens is 1. The van der Waals surface area contributed by atoms with Gasteiger partial charge in [0.05, 0.1) is 11.7 Å². The molecule has 1 aromatic heterocycles. The van der Waals surface area contributed by atoms with Crippen LogP contribution in [0.3, 0.4) is 0 Å². The monoisotopic (exact) mass is 202 g/mol. The van der Waals surface area contributed by atoms with E-state index in [0.29, 0.717) is 0 Å². The summed E-state index contributed by atoms with van der Waals surface area (Å²) in [5.41, 5.74) is 7.05. The molecule has 1 aromatic carbocycles. The summed E-state index contributed by atoms with van der Waals surface area (Å²) in [7, 11) is 0. The maximum Gasteiger partial charge on any atom is 0.146 e. The first kappa shape index (κ1) is 9.80. The topological polar surface area (TPSA) is 38.9 Å². The molecule has 3 heteroatoms. The summed E-state index contributed by atoms with van der Waals surface area (Å²) < 4.78 is 13.4. The summed E-state index contributed by atoms with van der Waals surface area (Å²) in [5, 5.41) is 0. The van der Waals surface area contributed by atoms with Gasteiger partial charge in [0.2, 0.25) is 0 Å². The molecular formula is C12H11FN2. The number of benzene rings is 1. The van der Waals surface area contributed by atoms with Crippen LogP contribution in [0.4, 0.5) is 4.39 Å². The van der Waals surface area contributed by atoms with E-state index < -0.39 is 6.04 Å². The van der Waals surface area contributed by atoms with E-state index in [-0.39, 0.29) is 11.5 Å². The number of hydrogen-bond donors (Lipinski definition) is 1. The van der Waals surface area contributed by atoms with Gasteiger partial charge in [-0.1, -0.05) is 30.3 Å². The smallest absolute Gasteiger partial charge is 0.146 e. The van der Waals surface area contributed by atoms with E-state index in [1.54, 1.807) is 12.3 Å². The van der Waals surface area contributed by atoms with Crippen molar-refractivity contribution in [2.75, 3.05) is 0 Å². The van der Waals surface area contributed by atoms with Crippen LogP contribution in [0.5, 0.6) is 0 Å². The Balaban J connectivity index is 2.37. The Hall–Kier alpha value is -1.74. The summed E-state index contributed by atoms with van der Waals surface area (Å²) in [6.45, 7) is 0. The van der Waals surface area contributed by atoms with Crippen LogP contribution in [-0.2, 0) is 0 Å². The van der Waals surface area contributed by atoms with E-state index in [2.05, 4.69) is 4.98 Å². The highest BCUT2D eigenvalue weighted by Gasteiger charge is 2.13. The van der Waals surface area contributed by atoms with Gasteiger partial charge >= 0.3 is 0 Å². The largest absolute Gasteiger partial charge is 0.319 e. The Bertz CT molecular complexity index is 442. The maximum atomic E-state index is 13.4. The summed E-state index contributed by atoms with van der Waals surface area (Å²) in [5.74, 6) is -0.367. The molecule has 0 bridgehead atoms. The van der Waals surface area contributed by atoms with Crippen LogP contribution in [-0.4, -0.2) is 4.98 Å². The van der Waals surface area contributed by atoms with Crippen molar-refractivity contribution in [1.29, 1.82) is 0 Å². The van der Waals surface area contributed by atoms with Crippen molar-refractivity contribution in [2.45, 2.75) is 6.04 Å². The Labute approximate surface area is 87.6 Å². The molecule has 0 saturated carbocycles. The fraction of sp³-hybridized carbons (Fsp3) is 0.0833. The molecule has 2 nitrogen and oxygen atoms in total. The van der Waals surface area contributed by atoms with Crippen molar-refractivity contribution < 1.29 is 4.39 Å². The molecule has 2 rings (SSSR count). The average molecular weight is 202 g/mol. The summed E-state index contributed by atoms with van der Waals surface area (Å²) >= 11 is 0. The van der Waals surface area contributed by atoms with Gasteiger partial charge in [-0.2, -0.15) is 0 Å². The average Bonchev–Trinajstić information content (AvgIpc) is 2.30. The molecule has 0 aliphatic carbocycles. The van der Waals surface area contributed by atoms with E-state index in [1.165, 1.54) is 6.07 Å². The minimum Gasteiger partial charge on any atom is -0.319 e. The molecule has 15 heavy (non-hydrogen) atoms. The Morgan fingerprint density at radius 1 is 1.07 bits per heavy atom. The zero-order valence-electron chi connectivity index (χ0n) is 8.10. The maximum absolute atomic E-state index is 13.4.